The maximum atomic E-state index is 15.4. The van der Waals surface area contributed by atoms with Gasteiger partial charge < -0.3 is 17.6 Å². The summed E-state index contributed by atoms with van der Waals surface area (Å²) in [6, 6.07) is 6.97. The largest absolute Gasteiger partial charge is 0.737 e. The average Bonchev–Trinajstić information content (AvgIpc) is 3.31. The third-order valence-corrected chi connectivity index (χ3v) is 5.34. The van der Waals surface area contributed by atoms with Crippen molar-refractivity contribution in [1.29, 1.82) is 0 Å². The first-order valence-corrected chi connectivity index (χ1v) is 8.72. The zero-order chi connectivity index (χ0) is 17.6. The summed E-state index contributed by atoms with van der Waals surface area (Å²) in [5, 5.41) is 1.87. The Morgan fingerprint density at radius 2 is 2.16 bits per heavy atom. The van der Waals surface area contributed by atoms with E-state index in [-0.39, 0.29) is 18.7 Å². The molecule has 0 radical (unpaired) electrons. The minimum atomic E-state index is -4.05. The first kappa shape index (κ1) is 16.0. The van der Waals surface area contributed by atoms with E-state index >= 15 is 8.63 Å². The Bertz CT molecular complexity index is 944. The molecule has 9 heteroatoms. The molecule has 0 atom stereocenters. The van der Waals surface area contributed by atoms with Crippen LogP contribution in [0.5, 0.6) is 0 Å². The number of allylic oxidation sites excluding steroid dienone is 2. The number of carbonyl (C=O) groups excluding carboxylic acids is 1. The highest BCUT2D eigenvalue weighted by molar-refractivity contribution is 7.12. The van der Waals surface area contributed by atoms with Crippen LogP contribution in [-0.4, -0.2) is 27.6 Å². The van der Waals surface area contributed by atoms with E-state index in [2.05, 4.69) is 0 Å². The smallest absolute Gasteiger partial charge is 0.394 e. The van der Waals surface area contributed by atoms with E-state index in [1.54, 1.807) is 30.4 Å². The third kappa shape index (κ3) is 2.47. The highest BCUT2D eigenvalue weighted by atomic mass is 32.1. The highest BCUT2D eigenvalue weighted by Gasteiger charge is 2.52. The molecule has 1 amide bonds. The van der Waals surface area contributed by atoms with Crippen molar-refractivity contribution < 1.29 is 17.9 Å². The van der Waals surface area contributed by atoms with Gasteiger partial charge in [-0.15, -0.1) is 11.3 Å². The fraction of sp³-hybridized carbons (Fsp3) is 0.125. The molecule has 0 spiro atoms. The lowest BCUT2D eigenvalue weighted by Crippen LogP contribution is -2.51. The molecular formula is C16H15BF2N4OS. The second kappa shape index (κ2) is 5.78. The van der Waals surface area contributed by atoms with E-state index in [4.69, 9.17) is 5.84 Å². The summed E-state index contributed by atoms with van der Waals surface area (Å²) < 4.78 is 33.0. The number of nitrogens with one attached hydrogen (secondary N) is 1. The van der Waals surface area contributed by atoms with Crippen LogP contribution in [0.1, 0.15) is 22.7 Å². The number of thiophene rings is 1. The molecule has 0 bridgehead atoms. The molecule has 0 saturated heterocycles. The quantitative estimate of drug-likeness (QED) is 0.380. The van der Waals surface area contributed by atoms with Crippen molar-refractivity contribution in [2.75, 3.05) is 0 Å². The van der Waals surface area contributed by atoms with Crippen molar-refractivity contribution in [3.05, 3.63) is 63.8 Å². The number of fused-ring (bicyclic) bond motifs is 2. The van der Waals surface area contributed by atoms with Gasteiger partial charge in [-0.2, -0.15) is 0 Å². The fourth-order valence-corrected chi connectivity index (χ4v) is 4.09. The maximum absolute atomic E-state index is 15.4. The van der Waals surface area contributed by atoms with Crippen molar-refractivity contribution in [3.8, 4) is 0 Å². The number of halogens is 2. The van der Waals surface area contributed by atoms with Crippen LogP contribution in [0.4, 0.5) is 8.63 Å². The minimum Gasteiger partial charge on any atom is -0.394 e. The summed E-state index contributed by atoms with van der Waals surface area (Å²) in [6.07, 6.45) is 5.43. The van der Waals surface area contributed by atoms with E-state index in [0.29, 0.717) is 22.8 Å². The van der Waals surface area contributed by atoms with E-state index in [9.17, 15) is 4.79 Å². The zero-order valence-electron chi connectivity index (χ0n) is 13.2. The lowest BCUT2D eigenvalue weighted by molar-refractivity contribution is -0.360. The summed E-state index contributed by atoms with van der Waals surface area (Å²) in [6.45, 7) is -4.05. The fourth-order valence-electron chi connectivity index (χ4n) is 3.34. The molecule has 4 rings (SSSR count). The molecule has 2 aromatic rings. The van der Waals surface area contributed by atoms with Gasteiger partial charge in [0, 0.05) is 30.3 Å². The molecule has 3 N–H and O–H groups in total. The van der Waals surface area contributed by atoms with Crippen molar-refractivity contribution in [3.63, 3.8) is 0 Å². The van der Waals surface area contributed by atoms with Gasteiger partial charge >= 0.3 is 6.97 Å². The van der Waals surface area contributed by atoms with Crippen LogP contribution in [0, 0.1) is 0 Å². The van der Waals surface area contributed by atoms with Gasteiger partial charge in [-0.1, -0.05) is 6.07 Å². The molecule has 2 aromatic heterocycles. The Labute approximate surface area is 146 Å². The number of carbonyl (C=O) groups is 1. The monoisotopic (exact) mass is 360 g/mol. The van der Waals surface area contributed by atoms with Crippen molar-refractivity contribution in [2.24, 2.45) is 5.84 Å². The molecule has 4 heterocycles. The molecular weight excluding hydrogens is 345 g/mol. The number of hydrogen-bond donors (Lipinski definition) is 2. The number of rotatable bonds is 4. The van der Waals surface area contributed by atoms with Gasteiger partial charge in [0.25, 0.3) is 0 Å². The Morgan fingerprint density at radius 1 is 1.32 bits per heavy atom. The molecule has 5 nitrogen and oxygen atoms in total. The van der Waals surface area contributed by atoms with E-state index in [0.717, 1.165) is 13.8 Å². The third-order valence-electron chi connectivity index (χ3n) is 4.44. The number of aryl methyl sites for hydroxylation is 1. The Balaban J connectivity index is 1.80. The zero-order valence-corrected chi connectivity index (χ0v) is 14.0. The number of amides is 1. The first-order valence-electron chi connectivity index (χ1n) is 7.84. The normalized spacial score (nSPS) is 17.3. The van der Waals surface area contributed by atoms with Gasteiger partial charge in [0.2, 0.25) is 5.91 Å². The van der Waals surface area contributed by atoms with Crippen LogP contribution in [0.25, 0.3) is 6.08 Å². The van der Waals surface area contributed by atoms with Crippen molar-refractivity contribution >= 4 is 36.0 Å². The number of aromatic nitrogens is 1. The maximum Gasteiger partial charge on any atom is 0.737 e. The van der Waals surface area contributed by atoms with Crippen LogP contribution in [0.3, 0.4) is 0 Å². The Morgan fingerprint density at radius 3 is 2.88 bits per heavy atom. The number of nitrogens with zero attached hydrogens (tertiary/aromatic N) is 2. The summed E-state index contributed by atoms with van der Waals surface area (Å²) in [5.74, 6) is 4.68. The highest BCUT2D eigenvalue weighted by Crippen LogP contribution is 2.34. The average molecular weight is 360 g/mol. The first-order chi connectivity index (χ1) is 12.0. The topological polar surface area (TPSA) is 63.1 Å². The second-order valence-corrected chi connectivity index (χ2v) is 6.86. The second-order valence-electron chi connectivity index (χ2n) is 5.91. The van der Waals surface area contributed by atoms with Gasteiger partial charge in [-0.3, -0.25) is 10.2 Å². The molecule has 0 aliphatic carbocycles. The van der Waals surface area contributed by atoms with Crippen LogP contribution in [-0.2, 0) is 11.2 Å². The molecule has 128 valence electrons. The standard InChI is InChI=1S/C16H15BF2N4OS/c18-17(19)22-11(6-8-16(24)21-20)3-4-12(22)10-13-5-7-14(23(13)17)15-2-1-9-25-15/h1-5,7,9-10H,6,8,20H2,(H,21,24). The molecule has 0 fully saturated rings. The van der Waals surface area contributed by atoms with Gasteiger partial charge in [0.1, 0.15) is 0 Å². The van der Waals surface area contributed by atoms with Gasteiger partial charge in [0.15, 0.2) is 11.4 Å². The van der Waals surface area contributed by atoms with Crippen molar-refractivity contribution in [2.45, 2.75) is 12.8 Å². The Kier molecular flexibility index (Phi) is 3.70. The van der Waals surface area contributed by atoms with E-state index in [1.165, 1.54) is 11.3 Å². The summed E-state index contributed by atoms with van der Waals surface area (Å²) in [5.41, 5.74) is 3.85. The van der Waals surface area contributed by atoms with Gasteiger partial charge in [-0.05, 0) is 35.7 Å². The molecule has 0 unspecified atom stereocenters. The number of hydrazine groups is 1. The van der Waals surface area contributed by atoms with Crippen LogP contribution < -0.4 is 11.3 Å². The predicted octanol–water partition coefficient (Wildman–Crippen LogP) is 2.12. The lowest BCUT2D eigenvalue weighted by atomic mass is 9.90. The summed E-state index contributed by atoms with van der Waals surface area (Å²) >= 11 is 1.42. The van der Waals surface area contributed by atoms with Gasteiger partial charge in [-0.25, -0.2) is 5.84 Å². The molecule has 0 aromatic carbocycles. The van der Waals surface area contributed by atoms with Crippen LogP contribution in [0.2, 0.25) is 0 Å². The SMILES string of the molecule is NNC(=O)CCc1ccc2n1[B-](F)(F)[N+]1=C(c3cccs3)C=CC1=C2. The van der Waals surface area contributed by atoms with Crippen LogP contribution >= 0.6 is 11.3 Å². The molecule has 2 aliphatic rings. The minimum absolute atomic E-state index is 0.0580. The van der Waals surface area contributed by atoms with Crippen LogP contribution in [0.15, 0.2) is 47.5 Å². The molecule has 2 aliphatic heterocycles. The summed E-state index contributed by atoms with van der Waals surface area (Å²) in [7, 11) is 0. The summed E-state index contributed by atoms with van der Waals surface area (Å²) in [4.78, 5) is 12.2. The van der Waals surface area contributed by atoms with Gasteiger partial charge in [0.05, 0.1) is 4.88 Å². The Hall–Kier alpha value is -2.52. The van der Waals surface area contributed by atoms with Crippen molar-refractivity contribution in [1.82, 2.24) is 9.90 Å². The molecule has 25 heavy (non-hydrogen) atoms. The molecule has 0 saturated carbocycles. The predicted molar refractivity (Wildman–Crippen MR) is 94.3 cm³/mol. The van der Waals surface area contributed by atoms with E-state index in [1.807, 2.05) is 22.9 Å². The lowest BCUT2D eigenvalue weighted by Gasteiger charge is -2.30. The number of hydrogen-bond acceptors (Lipinski definition) is 3. The van der Waals surface area contributed by atoms with E-state index < -0.39 is 6.97 Å². The number of nitrogens with two attached hydrogens (primary N) is 1.